The lowest BCUT2D eigenvalue weighted by Gasteiger charge is -2.29. The van der Waals surface area contributed by atoms with Crippen molar-refractivity contribution in [3.63, 3.8) is 0 Å². The molecule has 19 heavy (non-hydrogen) atoms. The van der Waals surface area contributed by atoms with Crippen LogP contribution in [-0.2, 0) is 4.79 Å². The van der Waals surface area contributed by atoms with Crippen molar-refractivity contribution in [3.05, 3.63) is 29.8 Å². The lowest BCUT2D eigenvalue weighted by atomic mass is 9.89. The van der Waals surface area contributed by atoms with Crippen LogP contribution >= 0.6 is 0 Å². The van der Waals surface area contributed by atoms with E-state index in [1.54, 1.807) is 0 Å². The van der Waals surface area contributed by atoms with Crippen LogP contribution in [-0.4, -0.2) is 18.5 Å². The smallest absolute Gasteiger partial charge is 0.227 e. The molecule has 1 aliphatic heterocycles. The molecular formula is C16H24N2O. The predicted molar refractivity (Wildman–Crippen MR) is 79.3 cm³/mol. The molecule has 2 rings (SSSR count). The number of anilines is 1. The van der Waals surface area contributed by atoms with Crippen molar-refractivity contribution in [3.8, 4) is 0 Å². The summed E-state index contributed by atoms with van der Waals surface area (Å²) in [5.41, 5.74) is 2.23. The molecule has 1 aromatic rings. The summed E-state index contributed by atoms with van der Waals surface area (Å²) in [4.78, 5) is 12.5. The third-order valence-corrected chi connectivity index (χ3v) is 3.97. The van der Waals surface area contributed by atoms with Crippen molar-refractivity contribution >= 4 is 11.6 Å². The second-order valence-electron chi connectivity index (χ2n) is 5.62. The fraction of sp³-hybridized carbons (Fsp3) is 0.562. The van der Waals surface area contributed by atoms with Gasteiger partial charge in [-0.2, -0.15) is 0 Å². The van der Waals surface area contributed by atoms with Gasteiger partial charge in [-0.25, -0.2) is 0 Å². The zero-order valence-corrected chi connectivity index (χ0v) is 12.1. The van der Waals surface area contributed by atoms with Gasteiger partial charge in [0.1, 0.15) is 0 Å². The lowest BCUT2D eigenvalue weighted by molar-refractivity contribution is -0.123. The maximum atomic E-state index is 12.5. The largest absolute Gasteiger partial charge is 0.385 e. The first-order chi connectivity index (χ1) is 9.13. The van der Waals surface area contributed by atoms with E-state index in [1.165, 1.54) is 0 Å². The molecule has 0 aromatic heterocycles. The summed E-state index contributed by atoms with van der Waals surface area (Å²) in [7, 11) is 0. The van der Waals surface area contributed by atoms with Gasteiger partial charge in [0.15, 0.2) is 0 Å². The topological polar surface area (TPSA) is 41.1 Å². The molecule has 0 spiro atoms. The summed E-state index contributed by atoms with van der Waals surface area (Å²) in [6.07, 6.45) is 1.85. The van der Waals surface area contributed by atoms with E-state index in [0.29, 0.717) is 5.92 Å². The highest BCUT2D eigenvalue weighted by Crippen LogP contribution is 2.31. The highest BCUT2D eigenvalue weighted by Gasteiger charge is 2.27. The molecule has 0 bridgehead atoms. The van der Waals surface area contributed by atoms with Gasteiger partial charge in [0.2, 0.25) is 5.91 Å². The van der Waals surface area contributed by atoms with Crippen LogP contribution in [0.2, 0.25) is 0 Å². The number of fused-ring (bicyclic) bond motifs is 1. The number of nitrogens with one attached hydrogen (secondary N) is 2. The van der Waals surface area contributed by atoms with E-state index in [-0.39, 0.29) is 17.9 Å². The molecular weight excluding hydrogens is 236 g/mol. The summed E-state index contributed by atoms with van der Waals surface area (Å²) in [5, 5.41) is 6.57. The van der Waals surface area contributed by atoms with Crippen LogP contribution < -0.4 is 10.6 Å². The number of para-hydroxylation sites is 1. The van der Waals surface area contributed by atoms with Crippen LogP contribution in [0.1, 0.15) is 45.1 Å². The Morgan fingerprint density at radius 2 is 2.16 bits per heavy atom. The van der Waals surface area contributed by atoms with E-state index in [9.17, 15) is 4.79 Å². The van der Waals surface area contributed by atoms with Gasteiger partial charge in [-0.3, -0.25) is 4.79 Å². The Kier molecular flexibility index (Phi) is 4.46. The Hall–Kier alpha value is -1.51. The summed E-state index contributed by atoms with van der Waals surface area (Å²) < 4.78 is 0. The van der Waals surface area contributed by atoms with Crippen LogP contribution in [0.4, 0.5) is 5.69 Å². The maximum Gasteiger partial charge on any atom is 0.227 e. The van der Waals surface area contributed by atoms with E-state index < -0.39 is 0 Å². The zero-order valence-electron chi connectivity index (χ0n) is 12.1. The van der Waals surface area contributed by atoms with E-state index in [2.05, 4.69) is 43.5 Å². The lowest BCUT2D eigenvalue weighted by Crippen LogP contribution is -2.42. The Morgan fingerprint density at radius 1 is 1.42 bits per heavy atom. The highest BCUT2D eigenvalue weighted by molar-refractivity contribution is 5.86. The molecule has 1 aliphatic rings. The van der Waals surface area contributed by atoms with Gasteiger partial charge >= 0.3 is 0 Å². The molecule has 3 heteroatoms. The Labute approximate surface area is 115 Å². The summed E-state index contributed by atoms with van der Waals surface area (Å²) in [5.74, 6) is 0.644. The van der Waals surface area contributed by atoms with Crippen molar-refractivity contribution in [2.24, 2.45) is 5.92 Å². The zero-order chi connectivity index (χ0) is 13.8. The van der Waals surface area contributed by atoms with Gasteiger partial charge in [-0.1, -0.05) is 39.0 Å². The second kappa shape index (κ2) is 6.09. The van der Waals surface area contributed by atoms with Crippen LogP contribution in [0.3, 0.4) is 0 Å². The first-order valence-corrected chi connectivity index (χ1v) is 7.26. The van der Waals surface area contributed by atoms with E-state index in [4.69, 9.17) is 0 Å². The third kappa shape index (κ3) is 3.09. The SMILES string of the molecule is CCC(NC(=O)C1CCNc2ccccc21)C(C)C. The number of carbonyl (C=O) groups excluding carboxylic acids is 1. The number of hydrogen-bond donors (Lipinski definition) is 2. The highest BCUT2D eigenvalue weighted by atomic mass is 16.1. The molecule has 0 saturated carbocycles. The minimum absolute atomic E-state index is 0.00903. The van der Waals surface area contributed by atoms with Gasteiger partial charge in [0.25, 0.3) is 0 Å². The molecule has 1 aromatic carbocycles. The minimum Gasteiger partial charge on any atom is -0.385 e. The quantitative estimate of drug-likeness (QED) is 0.873. The van der Waals surface area contributed by atoms with Gasteiger partial charge < -0.3 is 10.6 Å². The van der Waals surface area contributed by atoms with E-state index in [1.807, 2.05) is 12.1 Å². The molecule has 0 radical (unpaired) electrons. The third-order valence-electron chi connectivity index (χ3n) is 3.97. The van der Waals surface area contributed by atoms with Crippen molar-refractivity contribution < 1.29 is 4.79 Å². The van der Waals surface area contributed by atoms with Gasteiger partial charge in [-0.15, -0.1) is 0 Å². The standard InChI is InChI=1S/C16H24N2O/c1-4-14(11(2)3)18-16(19)13-9-10-17-15-8-6-5-7-12(13)15/h5-8,11,13-14,17H,4,9-10H2,1-3H3,(H,18,19). The number of benzene rings is 1. The Bertz CT molecular complexity index is 442. The molecule has 2 atom stereocenters. The van der Waals surface area contributed by atoms with Crippen LogP contribution in [0, 0.1) is 5.92 Å². The van der Waals surface area contributed by atoms with Crippen molar-refractivity contribution in [1.82, 2.24) is 5.32 Å². The van der Waals surface area contributed by atoms with Gasteiger partial charge in [0.05, 0.1) is 5.92 Å². The van der Waals surface area contributed by atoms with E-state index in [0.717, 1.165) is 30.6 Å². The first kappa shape index (κ1) is 13.9. The minimum atomic E-state index is -0.00903. The number of carbonyl (C=O) groups is 1. The number of amides is 1. The average Bonchev–Trinajstić information content (AvgIpc) is 2.43. The number of hydrogen-bond acceptors (Lipinski definition) is 2. The molecule has 1 heterocycles. The number of rotatable bonds is 4. The Morgan fingerprint density at radius 3 is 2.84 bits per heavy atom. The van der Waals surface area contributed by atoms with Crippen LogP contribution in [0.15, 0.2) is 24.3 Å². The normalized spacial score (nSPS) is 19.5. The molecule has 104 valence electrons. The fourth-order valence-corrected chi connectivity index (χ4v) is 2.76. The molecule has 1 amide bonds. The van der Waals surface area contributed by atoms with E-state index >= 15 is 0 Å². The molecule has 2 N–H and O–H groups in total. The van der Waals surface area contributed by atoms with Crippen molar-refractivity contribution in [2.75, 3.05) is 11.9 Å². The summed E-state index contributed by atoms with van der Waals surface area (Å²) >= 11 is 0. The fourth-order valence-electron chi connectivity index (χ4n) is 2.76. The second-order valence-corrected chi connectivity index (χ2v) is 5.62. The Balaban J connectivity index is 2.12. The molecule has 3 nitrogen and oxygen atoms in total. The van der Waals surface area contributed by atoms with Crippen molar-refractivity contribution in [1.29, 1.82) is 0 Å². The first-order valence-electron chi connectivity index (χ1n) is 7.26. The maximum absolute atomic E-state index is 12.5. The van der Waals surface area contributed by atoms with Crippen LogP contribution in [0.25, 0.3) is 0 Å². The monoisotopic (exact) mass is 260 g/mol. The van der Waals surface area contributed by atoms with Crippen molar-refractivity contribution in [2.45, 2.75) is 45.6 Å². The molecule has 2 unspecified atom stereocenters. The predicted octanol–water partition coefficient (Wildman–Crippen LogP) is 3.14. The molecule has 0 saturated heterocycles. The molecule has 0 fully saturated rings. The summed E-state index contributed by atoms with van der Waals surface area (Å²) in [6, 6.07) is 8.40. The van der Waals surface area contributed by atoms with Gasteiger partial charge in [-0.05, 0) is 30.4 Å². The van der Waals surface area contributed by atoms with Crippen LogP contribution in [0.5, 0.6) is 0 Å². The average molecular weight is 260 g/mol. The van der Waals surface area contributed by atoms with Gasteiger partial charge in [0, 0.05) is 18.3 Å². The summed E-state index contributed by atoms with van der Waals surface area (Å²) in [6.45, 7) is 7.31. The molecule has 0 aliphatic carbocycles.